The number of nitrogens with two attached hydrogens (primary N) is 1. The van der Waals surface area contributed by atoms with E-state index < -0.39 is 15.9 Å². The van der Waals surface area contributed by atoms with Crippen molar-refractivity contribution in [2.75, 3.05) is 31.9 Å². The molecule has 2 heterocycles. The van der Waals surface area contributed by atoms with Crippen molar-refractivity contribution in [1.29, 1.82) is 0 Å². The normalized spacial score (nSPS) is 15.4. The van der Waals surface area contributed by atoms with Crippen LogP contribution in [-0.2, 0) is 14.8 Å². The molecule has 0 unspecified atom stereocenters. The van der Waals surface area contributed by atoms with Crippen molar-refractivity contribution < 1.29 is 22.5 Å². The number of hydrogen-bond donors (Lipinski definition) is 1. The van der Waals surface area contributed by atoms with Gasteiger partial charge in [-0.3, -0.25) is 9.59 Å². The third-order valence-corrected chi connectivity index (χ3v) is 7.82. The lowest BCUT2D eigenvalue weighted by Crippen LogP contribution is -2.50. The molecule has 0 saturated carbocycles. The number of aryl methyl sites for hydroxylation is 2. The summed E-state index contributed by atoms with van der Waals surface area (Å²) < 4.78 is 32.2. The quantitative estimate of drug-likeness (QED) is 0.667. The molecule has 1 aromatic heterocycles. The third kappa shape index (κ3) is 4.46. The van der Waals surface area contributed by atoms with Gasteiger partial charge in [-0.05, 0) is 26.0 Å². The van der Waals surface area contributed by atoms with E-state index in [1.54, 1.807) is 43.0 Å². The number of nitrogens with zero attached hydrogens (tertiary/aromatic N) is 3. The van der Waals surface area contributed by atoms with Crippen molar-refractivity contribution in [3.8, 4) is 0 Å². The van der Waals surface area contributed by atoms with Crippen LogP contribution in [0.3, 0.4) is 0 Å². The Bertz CT molecular complexity index is 1010. The van der Waals surface area contributed by atoms with Gasteiger partial charge in [-0.15, -0.1) is 11.8 Å². The predicted octanol–water partition coefficient (Wildman–Crippen LogP) is 1.02. The van der Waals surface area contributed by atoms with E-state index in [-0.39, 0.29) is 48.5 Å². The molecule has 11 heteroatoms. The number of piperazine rings is 1. The van der Waals surface area contributed by atoms with Crippen molar-refractivity contribution in [2.24, 2.45) is 5.73 Å². The lowest BCUT2D eigenvalue weighted by atomic mass is 10.2. The van der Waals surface area contributed by atoms with Crippen LogP contribution in [0.25, 0.3) is 0 Å². The maximum absolute atomic E-state index is 13.0. The summed E-state index contributed by atoms with van der Waals surface area (Å²) in [4.78, 5) is 26.4. The van der Waals surface area contributed by atoms with Gasteiger partial charge in [0.05, 0.1) is 11.3 Å². The highest BCUT2D eigenvalue weighted by Gasteiger charge is 2.34. The zero-order valence-corrected chi connectivity index (χ0v) is 17.8. The second kappa shape index (κ2) is 8.56. The molecule has 1 aliphatic heterocycles. The molecular weight excluding hydrogens is 416 g/mol. The molecular formula is C18H22N4O5S2. The number of hydrogen-bond acceptors (Lipinski definition) is 7. The number of thioether (sulfide) groups is 1. The number of sulfonamides is 1. The molecule has 1 aromatic carbocycles. The van der Waals surface area contributed by atoms with Crippen LogP contribution in [-0.4, -0.2) is 66.5 Å². The minimum absolute atomic E-state index is 0.0771. The first kappa shape index (κ1) is 21.3. The Morgan fingerprint density at radius 1 is 1.17 bits per heavy atom. The highest BCUT2D eigenvalue weighted by molar-refractivity contribution is 8.00. The summed E-state index contributed by atoms with van der Waals surface area (Å²) >= 11 is 1.21. The van der Waals surface area contributed by atoms with Gasteiger partial charge >= 0.3 is 0 Å². The Morgan fingerprint density at radius 2 is 1.83 bits per heavy atom. The smallest absolute Gasteiger partial charge is 0.255 e. The number of rotatable bonds is 6. The molecule has 0 aliphatic carbocycles. The van der Waals surface area contributed by atoms with Gasteiger partial charge in [0.1, 0.15) is 10.6 Å². The molecule has 2 aromatic rings. The van der Waals surface area contributed by atoms with Crippen LogP contribution >= 0.6 is 11.8 Å². The van der Waals surface area contributed by atoms with Gasteiger partial charge < -0.3 is 15.2 Å². The van der Waals surface area contributed by atoms with Gasteiger partial charge in [0.2, 0.25) is 15.9 Å². The zero-order chi connectivity index (χ0) is 21.2. The molecule has 0 radical (unpaired) electrons. The molecule has 0 bridgehead atoms. The van der Waals surface area contributed by atoms with Gasteiger partial charge in [0, 0.05) is 31.1 Å². The minimum atomic E-state index is -3.74. The average Bonchev–Trinajstić information content (AvgIpc) is 3.05. The molecule has 0 atom stereocenters. The Kier molecular flexibility index (Phi) is 6.30. The fourth-order valence-corrected chi connectivity index (χ4v) is 5.69. The summed E-state index contributed by atoms with van der Waals surface area (Å²) in [5, 5.41) is 3.72. The Balaban J connectivity index is 1.71. The van der Waals surface area contributed by atoms with Crippen LogP contribution in [0.5, 0.6) is 0 Å². The van der Waals surface area contributed by atoms with Gasteiger partial charge in [-0.25, -0.2) is 8.42 Å². The first-order chi connectivity index (χ1) is 13.7. The van der Waals surface area contributed by atoms with E-state index in [0.717, 1.165) is 0 Å². The standard InChI is InChI=1S/C18H22N4O5S2/c1-12-17(13(2)27-20-12)29(25,26)22-9-7-21(8-10-22)18(24)14-5-3-4-6-15(14)28-11-16(19)23/h3-6H,7-11H2,1-2H3,(H2,19,23). The highest BCUT2D eigenvalue weighted by Crippen LogP contribution is 2.26. The second-order valence-corrected chi connectivity index (χ2v) is 9.49. The number of benzene rings is 1. The summed E-state index contributed by atoms with van der Waals surface area (Å²) in [6.07, 6.45) is 0. The van der Waals surface area contributed by atoms with E-state index in [1.807, 2.05) is 0 Å². The van der Waals surface area contributed by atoms with Crippen molar-refractivity contribution in [1.82, 2.24) is 14.4 Å². The van der Waals surface area contributed by atoms with Gasteiger partial charge in [0.15, 0.2) is 5.76 Å². The lowest BCUT2D eigenvalue weighted by Gasteiger charge is -2.34. The second-order valence-electron chi connectivity index (χ2n) is 6.60. The largest absolute Gasteiger partial charge is 0.369 e. The summed E-state index contributed by atoms with van der Waals surface area (Å²) in [5.74, 6) is -0.336. The summed E-state index contributed by atoms with van der Waals surface area (Å²) in [5.41, 5.74) is 5.99. The number of aromatic nitrogens is 1. The number of primary amides is 1. The zero-order valence-electron chi connectivity index (χ0n) is 16.1. The SMILES string of the molecule is Cc1noc(C)c1S(=O)(=O)N1CCN(C(=O)c2ccccc2SCC(N)=O)CC1. The maximum atomic E-state index is 13.0. The van der Waals surface area contributed by atoms with Gasteiger partial charge in [-0.1, -0.05) is 17.3 Å². The Labute approximate surface area is 173 Å². The van der Waals surface area contributed by atoms with Crippen molar-refractivity contribution >= 4 is 33.6 Å². The Hall–Kier alpha value is -2.37. The molecule has 1 saturated heterocycles. The van der Waals surface area contributed by atoms with Crippen LogP contribution in [0.1, 0.15) is 21.8 Å². The molecule has 29 heavy (non-hydrogen) atoms. The molecule has 2 amide bonds. The maximum Gasteiger partial charge on any atom is 0.255 e. The van der Waals surface area contributed by atoms with E-state index in [1.165, 1.54) is 16.1 Å². The van der Waals surface area contributed by atoms with E-state index in [0.29, 0.717) is 16.2 Å². The lowest BCUT2D eigenvalue weighted by molar-refractivity contribution is -0.115. The van der Waals surface area contributed by atoms with E-state index in [4.69, 9.17) is 10.3 Å². The van der Waals surface area contributed by atoms with Crippen LogP contribution in [0.15, 0.2) is 38.6 Å². The first-order valence-electron chi connectivity index (χ1n) is 8.94. The van der Waals surface area contributed by atoms with E-state index in [2.05, 4.69) is 5.16 Å². The molecule has 9 nitrogen and oxygen atoms in total. The predicted molar refractivity (Wildman–Crippen MR) is 107 cm³/mol. The summed E-state index contributed by atoms with van der Waals surface area (Å²) in [6.45, 7) is 4.02. The number of amides is 2. The van der Waals surface area contributed by atoms with Crippen molar-refractivity contribution in [3.63, 3.8) is 0 Å². The molecule has 3 rings (SSSR count). The van der Waals surface area contributed by atoms with Crippen LogP contribution in [0, 0.1) is 13.8 Å². The van der Waals surface area contributed by atoms with Crippen LogP contribution in [0.2, 0.25) is 0 Å². The van der Waals surface area contributed by atoms with Gasteiger partial charge in [-0.2, -0.15) is 4.31 Å². The van der Waals surface area contributed by atoms with Crippen LogP contribution in [0.4, 0.5) is 0 Å². The molecule has 0 spiro atoms. The number of carbonyl (C=O) groups excluding carboxylic acids is 2. The van der Waals surface area contributed by atoms with Crippen molar-refractivity contribution in [3.05, 3.63) is 41.3 Å². The Morgan fingerprint density at radius 3 is 2.41 bits per heavy atom. The first-order valence-corrected chi connectivity index (χ1v) is 11.4. The molecule has 2 N–H and O–H groups in total. The van der Waals surface area contributed by atoms with Crippen molar-refractivity contribution in [2.45, 2.75) is 23.6 Å². The third-order valence-electron chi connectivity index (χ3n) is 4.58. The van der Waals surface area contributed by atoms with Gasteiger partial charge in [0.25, 0.3) is 5.91 Å². The topological polar surface area (TPSA) is 127 Å². The van der Waals surface area contributed by atoms with E-state index in [9.17, 15) is 18.0 Å². The van der Waals surface area contributed by atoms with E-state index >= 15 is 0 Å². The average molecular weight is 439 g/mol. The fourth-order valence-electron chi connectivity index (χ4n) is 3.19. The summed E-state index contributed by atoms with van der Waals surface area (Å²) in [6, 6.07) is 6.99. The molecule has 1 fully saturated rings. The number of carbonyl (C=O) groups is 2. The summed E-state index contributed by atoms with van der Waals surface area (Å²) in [7, 11) is -3.74. The molecule has 156 valence electrons. The fraction of sp³-hybridized carbons (Fsp3) is 0.389. The highest BCUT2D eigenvalue weighted by atomic mass is 32.2. The van der Waals surface area contributed by atoms with Crippen LogP contribution < -0.4 is 5.73 Å². The molecule has 1 aliphatic rings. The monoisotopic (exact) mass is 438 g/mol. The minimum Gasteiger partial charge on any atom is -0.369 e.